The molecule has 0 aromatic heterocycles. The number of carbonyl (C=O) groups excluding carboxylic acids is 1. The first-order valence-corrected chi connectivity index (χ1v) is 10.3. The lowest BCUT2D eigenvalue weighted by Crippen LogP contribution is -2.28. The molecule has 1 aliphatic rings. The van der Waals surface area contributed by atoms with Gasteiger partial charge in [-0.05, 0) is 56.2 Å². The first kappa shape index (κ1) is 22.0. The molecule has 28 heavy (non-hydrogen) atoms. The fourth-order valence-corrected chi connectivity index (χ4v) is 4.69. The molecule has 0 atom stereocenters. The summed E-state index contributed by atoms with van der Waals surface area (Å²) in [6.07, 6.45) is 1.68. The van der Waals surface area contributed by atoms with Gasteiger partial charge in [-0.25, -0.2) is 8.42 Å². The number of nitrogens with two attached hydrogens (primary N) is 1. The van der Waals surface area contributed by atoms with E-state index in [2.05, 4.69) is 5.32 Å². The number of amides is 1. The minimum atomic E-state index is -3.68. The summed E-state index contributed by atoms with van der Waals surface area (Å²) in [5.74, 6) is -0.0812. The standard InChI is InChI=1S/C19H23N3O4S.ClH/c1-2-26-17-9-8-16(21-19(23)14-6-5-7-15(20)12-14)13-18(17)27(24,25)22-10-3-4-11-22;/h5-9,12-13H,2-4,10-11,20H2,1H3,(H,21,23);1H. The maximum Gasteiger partial charge on any atom is 0.255 e. The Kier molecular flexibility index (Phi) is 7.29. The second-order valence-electron chi connectivity index (χ2n) is 6.29. The summed E-state index contributed by atoms with van der Waals surface area (Å²) in [5, 5.41) is 2.72. The molecule has 9 heteroatoms. The summed E-state index contributed by atoms with van der Waals surface area (Å²) < 4.78 is 33.0. The molecular formula is C19H24ClN3O4S. The number of sulfonamides is 1. The maximum atomic E-state index is 13.0. The molecule has 1 heterocycles. The van der Waals surface area contributed by atoms with E-state index in [1.165, 1.54) is 10.4 Å². The Morgan fingerprint density at radius 3 is 2.54 bits per heavy atom. The van der Waals surface area contributed by atoms with Gasteiger partial charge in [0, 0.05) is 30.0 Å². The molecule has 152 valence electrons. The molecule has 0 unspecified atom stereocenters. The molecule has 1 aliphatic heterocycles. The molecule has 0 spiro atoms. The monoisotopic (exact) mass is 425 g/mol. The lowest BCUT2D eigenvalue weighted by Gasteiger charge is -2.19. The third-order valence-electron chi connectivity index (χ3n) is 4.33. The van der Waals surface area contributed by atoms with E-state index in [1.54, 1.807) is 43.3 Å². The number of hydrogen-bond donors (Lipinski definition) is 2. The van der Waals surface area contributed by atoms with Crippen LogP contribution in [0.5, 0.6) is 5.75 Å². The largest absolute Gasteiger partial charge is 0.492 e. The number of carbonyl (C=O) groups is 1. The molecule has 0 radical (unpaired) electrons. The van der Waals surface area contributed by atoms with Crippen LogP contribution in [0.25, 0.3) is 0 Å². The summed E-state index contributed by atoms with van der Waals surface area (Å²) in [7, 11) is -3.68. The van der Waals surface area contributed by atoms with Crippen molar-refractivity contribution < 1.29 is 17.9 Å². The predicted molar refractivity (Wildman–Crippen MR) is 112 cm³/mol. The van der Waals surface area contributed by atoms with Crippen molar-refractivity contribution >= 4 is 39.7 Å². The molecule has 1 amide bonds. The van der Waals surface area contributed by atoms with Crippen LogP contribution in [0.1, 0.15) is 30.1 Å². The second-order valence-corrected chi connectivity index (χ2v) is 8.19. The minimum absolute atomic E-state index is 0. The lowest BCUT2D eigenvalue weighted by molar-refractivity contribution is 0.102. The van der Waals surface area contributed by atoms with Crippen molar-refractivity contribution in [1.29, 1.82) is 0 Å². The average Bonchev–Trinajstić information content (AvgIpc) is 3.18. The van der Waals surface area contributed by atoms with Gasteiger partial charge in [0.05, 0.1) is 6.61 Å². The number of halogens is 1. The summed E-state index contributed by atoms with van der Waals surface area (Å²) in [4.78, 5) is 12.5. The van der Waals surface area contributed by atoms with Gasteiger partial charge in [0.25, 0.3) is 5.91 Å². The molecule has 7 nitrogen and oxygen atoms in total. The van der Waals surface area contributed by atoms with Crippen LogP contribution in [0, 0.1) is 0 Å². The van der Waals surface area contributed by atoms with Gasteiger partial charge >= 0.3 is 0 Å². The highest BCUT2D eigenvalue weighted by atomic mass is 35.5. The van der Waals surface area contributed by atoms with Crippen LogP contribution in [-0.2, 0) is 10.0 Å². The highest BCUT2D eigenvalue weighted by molar-refractivity contribution is 7.89. The van der Waals surface area contributed by atoms with E-state index in [1.807, 2.05) is 0 Å². The number of nitrogens with one attached hydrogen (secondary N) is 1. The Balaban J connectivity index is 0.00000280. The van der Waals surface area contributed by atoms with Crippen LogP contribution in [0.4, 0.5) is 11.4 Å². The van der Waals surface area contributed by atoms with Gasteiger partial charge in [-0.1, -0.05) is 6.07 Å². The van der Waals surface area contributed by atoms with Crippen LogP contribution >= 0.6 is 12.4 Å². The van der Waals surface area contributed by atoms with E-state index >= 15 is 0 Å². The highest BCUT2D eigenvalue weighted by Crippen LogP contribution is 2.31. The molecule has 3 rings (SSSR count). The summed E-state index contributed by atoms with van der Waals surface area (Å²) in [6, 6.07) is 11.2. The molecule has 0 aliphatic carbocycles. The number of ether oxygens (including phenoxy) is 1. The smallest absolute Gasteiger partial charge is 0.255 e. The third kappa shape index (κ3) is 4.76. The van der Waals surface area contributed by atoms with Crippen LogP contribution < -0.4 is 15.8 Å². The zero-order valence-corrected chi connectivity index (χ0v) is 17.2. The molecular weight excluding hydrogens is 402 g/mol. The quantitative estimate of drug-likeness (QED) is 0.692. The Labute approximate surface area is 171 Å². The van der Waals surface area contributed by atoms with Crippen molar-refractivity contribution in [2.24, 2.45) is 0 Å². The number of nitrogen functional groups attached to an aromatic ring is 1. The number of rotatable bonds is 6. The molecule has 0 bridgehead atoms. The van der Waals surface area contributed by atoms with Gasteiger partial charge < -0.3 is 15.8 Å². The average molecular weight is 426 g/mol. The van der Waals surface area contributed by atoms with Crippen molar-refractivity contribution in [3.63, 3.8) is 0 Å². The number of hydrogen-bond acceptors (Lipinski definition) is 5. The Morgan fingerprint density at radius 2 is 1.89 bits per heavy atom. The Hall–Kier alpha value is -2.29. The summed E-state index contributed by atoms with van der Waals surface area (Å²) in [5.41, 5.74) is 6.97. The number of benzene rings is 2. The molecule has 1 fully saturated rings. The molecule has 2 aromatic rings. The topological polar surface area (TPSA) is 102 Å². The predicted octanol–water partition coefficient (Wildman–Crippen LogP) is 3.13. The number of anilines is 2. The van der Waals surface area contributed by atoms with Crippen LogP contribution in [0.2, 0.25) is 0 Å². The van der Waals surface area contributed by atoms with Crippen LogP contribution in [0.15, 0.2) is 47.4 Å². The minimum Gasteiger partial charge on any atom is -0.492 e. The lowest BCUT2D eigenvalue weighted by atomic mass is 10.2. The molecule has 3 N–H and O–H groups in total. The van der Waals surface area contributed by atoms with Gasteiger partial charge in [-0.15, -0.1) is 12.4 Å². The maximum absolute atomic E-state index is 13.0. The van der Waals surface area contributed by atoms with Crippen molar-refractivity contribution in [2.75, 3.05) is 30.7 Å². The van der Waals surface area contributed by atoms with Gasteiger partial charge in [0.15, 0.2) is 0 Å². The van der Waals surface area contributed by atoms with Gasteiger partial charge in [-0.2, -0.15) is 4.31 Å². The van der Waals surface area contributed by atoms with E-state index in [9.17, 15) is 13.2 Å². The van der Waals surface area contributed by atoms with E-state index in [-0.39, 0.29) is 29.0 Å². The first-order valence-electron chi connectivity index (χ1n) is 8.85. The zero-order valence-electron chi connectivity index (χ0n) is 15.6. The summed E-state index contributed by atoms with van der Waals surface area (Å²) in [6.45, 7) is 3.13. The number of nitrogens with zero attached hydrogens (tertiary/aromatic N) is 1. The van der Waals surface area contributed by atoms with Gasteiger partial charge in [-0.3, -0.25) is 4.79 Å². The van der Waals surface area contributed by atoms with Crippen molar-refractivity contribution in [1.82, 2.24) is 4.31 Å². The SMILES string of the molecule is CCOc1ccc(NC(=O)c2cccc(N)c2)cc1S(=O)(=O)N1CCCC1.Cl. The van der Waals surface area contributed by atoms with Crippen molar-refractivity contribution in [3.05, 3.63) is 48.0 Å². The van der Waals surface area contributed by atoms with Gasteiger partial charge in [0.2, 0.25) is 10.0 Å². The fraction of sp³-hybridized carbons (Fsp3) is 0.316. The van der Waals surface area contributed by atoms with E-state index in [0.717, 1.165) is 12.8 Å². The fourth-order valence-electron chi connectivity index (χ4n) is 3.01. The van der Waals surface area contributed by atoms with Crippen LogP contribution in [-0.4, -0.2) is 38.3 Å². The third-order valence-corrected chi connectivity index (χ3v) is 6.25. The van der Waals surface area contributed by atoms with Crippen molar-refractivity contribution in [3.8, 4) is 5.75 Å². The first-order chi connectivity index (χ1) is 12.9. The normalized spacial score (nSPS) is 14.3. The highest BCUT2D eigenvalue weighted by Gasteiger charge is 2.30. The molecule has 0 saturated carbocycles. The van der Waals surface area contributed by atoms with Gasteiger partial charge in [0.1, 0.15) is 10.6 Å². The van der Waals surface area contributed by atoms with E-state index in [4.69, 9.17) is 10.5 Å². The summed E-state index contributed by atoms with van der Waals surface area (Å²) >= 11 is 0. The Morgan fingerprint density at radius 1 is 1.18 bits per heavy atom. The zero-order chi connectivity index (χ0) is 19.4. The Bertz CT molecular complexity index is 944. The molecule has 2 aromatic carbocycles. The van der Waals surface area contributed by atoms with Crippen LogP contribution in [0.3, 0.4) is 0 Å². The molecule has 1 saturated heterocycles. The van der Waals surface area contributed by atoms with E-state index < -0.39 is 10.0 Å². The van der Waals surface area contributed by atoms with E-state index in [0.29, 0.717) is 36.6 Å². The van der Waals surface area contributed by atoms with Crippen molar-refractivity contribution in [2.45, 2.75) is 24.7 Å². The second kappa shape index (κ2) is 9.27.